The van der Waals surface area contributed by atoms with Gasteiger partial charge in [-0.2, -0.15) is 4.99 Å². The SMILES string of the molecule is COc1ccc(CC(=O)N=c2sc3cc(C)cc(C)c3n2C)cc1. The van der Waals surface area contributed by atoms with Crippen molar-refractivity contribution in [1.29, 1.82) is 0 Å². The molecule has 0 saturated carbocycles. The van der Waals surface area contributed by atoms with Gasteiger partial charge in [0.2, 0.25) is 0 Å². The molecule has 0 unspecified atom stereocenters. The Morgan fingerprint density at radius 3 is 2.58 bits per heavy atom. The Morgan fingerprint density at radius 1 is 1.21 bits per heavy atom. The summed E-state index contributed by atoms with van der Waals surface area (Å²) in [5, 5.41) is 0. The molecule has 0 atom stereocenters. The zero-order valence-corrected chi connectivity index (χ0v) is 15.1. The van der Waals surface area contributed by atoms with Gasteiger partial charge in [-0.15, -0.1) is 0 Å². The molecule has 0 aliphatic heterocycles. The first-order valence-electron chi connectivity index (χ1n) is 7.75. The first kappa shape index (κ1) is 16.5. The molecule has 1 amide bonds. The summed E-state index contributed by atoms with van der Waals surface area (Å²) in [5.74, 6) is 0.640. The van der Waals surface area contributed by atoms with E-state index in [4.69, 9.17) is 4.74 Å². The average Bonchev–Trinajstić information content (AvgIpc) is 2.83. The maximum atomic E-state index is 12.3. The summed E-state index contributed by atoms with van der Waals surface area (Å²) in [6, 6.07) is 11.8. The highest BCUT2D eigenvalue weighted by Gasteiger charge is 2.08. The summed E-state index contributed by atoms with van der Waals surface area (Å²) in [7, 11) is 3.58. The predicted molar refractivity (Wildman–Crippen MR) is 97.5 cm³/mol. The molecule has 3 aromatic rings. The van der Waals surface area contributed by atoms with Gasteiger partial charge in [-0.05, 0) is 48.7 Å². The molecule has 0 bridgehead atoms. The van der Waals surface area contributed by atoms with Crippen LogP contribution in [0.2, 0.25) is 0 Å². The van der Waals surface area contributed by atoms with E-state index in [-0.39, 0.29) is 12.3 Å². The van der Waals surface area contributed by atoms with Crippen LogP contribution in [0.1, 0.15) is 16.7 Å². The van der Waals surface area contributed by atoms with Gasteiger partial charge in [-0.25, -0.2) is 0 Å². The second-order valence-corrected chi connectivity index (χ2v) is 6.91. The van der Waals surface area contributed by atoms with Crippen molar-refractivity contribution in [3.05, 3.63) is 57.9 Å². The molecule has 124 valence electrons. The van der Waals surface area contributed by atoms with Crippen LogP contribution in [-0.4, -0.2) is 17.6 Å². The summed E-state index contributed by atoms with van der Waals surface area (Å²) in [6.45, 7) is 4.17. The first-order valence-corrected chi connectivity index (χ1v) is 8.57. The third kappa shape index (κ3) is 3.26. The summed E-state index contributed by atoms with van der Waals surface area (Å²) in [4.78, 5) is 17.4. The Bertz CT molecular complexity index is 965. The Morgan fingerprint density at radius 2 is 1.92 bits per heavy atom. The van der Waals surface area contributed by atoms with Crippen molar-refractivity contribution in [2.24, 2.45) is 12.0 Å². The highest BCUT2D eigenvalue weighted by atomic mass is 32.1. The highest BCUT2D eigenvalue weighted by molar-refractivity contribution is 7.16. The van der Waals surface area contributed by atoms with Gasteiger partial charge in [0.1, 0.15) is 5.75 Å². The number of methoxy groups -OCH3 is 1. The lowest BCUT2D eigenvalue weighted by atomic mass is 10.1. The van der Waals surface area contributed by atoms with Crippen molar-refractivity contribution in [3.8, 4) is 5.75 Å². The molecule has 0 spiro atoms. The number of benzene rings is 2. The van der Waals surface area contributed by atoms with E-state index in [1.807, 2.05) is 35.9 Å². The minimum absolute atomic E-state index is 0.142. The molecule has 0 N–H and O–H groups in total. The monoisotopic (exact) mass is 340 g/mol. The van der Waals surface area contributed by atoms with Gasteiger partial charge in [0, 0.05) is 7.05 Å². The molecule has 3 rings (SSSR count). The van der Waals surface area contributed by atoms with Gasteiger partial charge in [0.15, 0.2) is 4.80 Å². The number of carbonyl (C=O) groups is 1. The summed E-state index contributed by atoms with van der Waals surface area (Å²) in [5.41, 5.74) is 4.49. The van der Waals surface area contributed by atoms with E-state index in [9.17, 15) is 4.79 Å². The fourth-order valence-electron chi connectivity index (χ4n) is 2.85. The number of rotatable bonds is 3. The Hall–Kier alpha value is -2.40. The summed E-state index contributed by atoms with van der Waals surface area (Å²) < 4.78 is 8.29. The second kappa shape index (κ2) is 6.61. The normalized spacial score (nSPS) is 11.9. The number of thiazole rings is 1. The summed E-state index contributed by atoms with van der Waals surface area (Å²) >= 11 is 1.55. The third-order valence-electron chi connectivity index (χ3n) is 3.97. The van der Waals surface area contributed by atoms with Gasteiger partial charge in [0.25, 0.3) is 5.91 Å². The standard InChI is InChI=1S/C19H20N2O2S/c1-12-9-13(2)18-16(10-12)24-19(21(18)3)20-17(22)11-14-5-7-15(23-4)8-6-14/h5-10H,11H2,1-4H3. The molecule has 24 heavy (non-hydrogen) atoms. The minimum Gasteiger partial charge on any atom is -0.497 e. The molecule has 0 fully saturated rings. The Kier molecular flexibility index (Phi) is 4.53. The number of fused-ring (bicyclic) bond motifs is 1. The van der Waals surface area contributed by atoms with E-state index < -0.39 is 0 Å². The van der Waals surface area contributed by atoms with Crippen LogP contribution < -0.4 is 9.54 Å². The van der Waals surface area contributed by atoms with E-state index in [2.05, 4.69) is 31.0 Å². The third-order valence-corrected chi connectivity index (χ3v) is 5.05. The zero-order chi connectivity index (χ0) is 17.3. The van der Waals surface area contributed by atoms with E-state index in [0.717, 1.165) is 26.3 Å². The van der Waals surface area contributed by atoms with Crippen molar-refractivity contribution < 1.29 is 9.53 Å². The Balaban J connectivity index is 1.92. The lowest BCUT2D eigenvalue weighted by Crippen LogP contribution is -2.14. The van der Waals surface area contributed by atoms with E-state index >= 15 is 0 Å². The number of nitrogens with zero attached hydrogens (tertiary/aromatic N) is 2. The van der Waals surface area contributed by atoms with E-state index in [1.165, 1.54) is 11.1 Å². The van der Waals surface area contributed by atoms with Crippen LogP contribution in [0.15, 0.2) is 41.4 Å². The minimum atomic E-state index is -0.142. The molecule has 0 radical (unpaired) electrons. The molecule has 5 heteroatoms. The maximum absolute atomic E-state index is 12.3. The van der Waals surface area contributed by atoms with Gasteiger partial charge in [-0.3, -0.25) is 4.79 Å². The molecule has 4 nitrogen and oxygen atoms in total. The molecule has 0 aliphatic rings. The molecule has 1 heterocycles. The number of aromatic nitrogens is 1. The van der Waals surface area contributed by atoms with Gasteiger partial charge in [0.05, 0.1) is 23.7 Å². The molecular formula is C19H20N2O2S. The molecule has 2 aromatic carbocycles. The van der Waals surface area contributed by atoms with Crippen LogP contribution in [0.3, 0.4) is 0 Å². The van der Waals surface area contributed by atoms with Crippen molar-refractivity contribution in [2.75, 3.05) is 7.11 Å². The fraction of sp³-hybridized carbons (Fsp3) is 0.263. The van der Waals surface area contributed by atoms with Crippen LogP contribution >= 0.6 is 11.3 Å². The van der Waals surface area contributed by atoms with Crippen LogP contribution in [0, 0.1) is 13.8 Å². The fourth-order valence-corrected chi connectivity index (χ4v) is 4.06. The van der Waals surface area contributed by atoms with E-state index in [0.29, 0.717) is 0 Å². The van der Waals surface area contributed by atoms with Crippen LogP contribution in [0.5, 0.6) is 5.75 Å². The molecule has 0 aliphatic carbocycles. The van der Waals surface area contributed by atoms with Crippen molar-refractivity contribution in [2.45, 2.75) is 20.3 Å². The largest absolute Gasteiger partial charge is 0.497 e. The maximum Gasteiger partial charge on any atom is 0.252 e. The lowest BCUT2D eigenvalue weighted by Gasteiger charge is -2.02. The number of hydrogen-bond donors (Lipinski definition) is 0. The number of aryl methyl sites for hydroxylation is 3. The number of hydrogen-bond acceptors (Lipinski definition) is 3. The van der Waals surface area contributed by atoms with Crippen molar-refractivity contribution in [1.82, 2.24) is 4.57 Å². The van der Waals surface area contributed by atoms with Gasteiger partial charge in [-0.1, -0.05) is 29.5 Å². The first-order chi connectivity index (χ1) is 11.5. The molecule has 1 aromatic heterocycles. The van der Waals surface area contributed by atoms with E-state index in [1.54, 1.807) is 18.4 Å². The van der Waals surface area contributed by atoms with Crippen molar-refractivity contribution >= 4 is 27.5 Å². The second-order valence-electron chi connectivity index (χ2n) is 5.90. The zero-order valence-electron chi connectivity index (χ0n) is 14.3. The van der Waals surface area contributed by atoms with Gasteiger partial charge < -0.3 is 9.30 Å². The summed E-state index contributed by atoms with van der Waals surface area (Å²) in [6.07, 6.45) is 0.288. The molecule has 0 saturated heterocycles. The number of ether oxygens (including phenoxy) is 1. The van der Waals surface area contributed by atoms with Gasteiger partial charge >= 0.3 is 0 Å². The number of amides is 1. The lowest BCUT2D eigenvalue weighted by molar-refractivity contribution is -0.117. The average molecular weight is 340 g/mol. The quantitative estimate of drug-likeness (QED) is 0.732. The van der Waals surface area contributed by atoms with Crippen LogP contribution in [-0.2, 0) is 18.3 Å². The predicted octanol–water partition coefficient (Wildman–Crippen LogP) is 3.54. The molecular weight excluding hydrogens is 320 g/mol. The van der Waals surface area contributed by atoms with Crippen molar-refractivity contribution in [3.63, 3.8) is 0 Å². The van der Waals surface area contributed by atoms with Crippen LogP contribution in [0.25, 0.3) is 10.2 Å². The number of carbonyl (C=O) groups excluding carboxylic acids is 1. The smallest absolute Gasteiger partial charge is 0.252 e. The topological polar surface area (TPSA) is 43.6 Å². The highest BCUT2D eigenvalue weighted by Crippen LogP contribution is 2.22. The van der Waals surface area contributed by atoms with Crippen LogP contribution in [0.4, 0.5) is 0 Å². The Labute approximate surface area is 145 Å².